The Morgan fingerprint density at radius 3 is 2.73 bits per heavy atom. The summed E-state index contributed by atoms with van der Waals surface area (Å²) in [5, 5.41) is 9.20. The largest absolute Gasteiger partial charge is 0.366 e. The van der Waals surface area contributed by atoms with Gasteiger partial charge in [0.2, 0.25) is 0 Å². The quantitative estimate of drug-likeness (QED) is 0.896. The highest BCUT2D eigenvalue weighted by molar-refractivity contribution is 7.11. The molecule has 80 valence electrons. The highest BCUT2D eigenvalue weighted by Crippen LogP contribution is 2.25. The van der Waals surface area contributed by atoms with Crippen LogP contribution in [0, 0.1) is 13.8 Å². The molecule has 0 aromatic carbocycles. The first-order valence-electron chi connectivity index (χ1n) is 4.64. The summed E-state index contributed by atoms with van der Waals surface area (Å²) < 4.78 is 3.81. The second-order valence-corrected chi connectivity index (χ2v) is 5.52. The zero-order valence-corrected chi connectivity index (χ0v) is 10.4. The molecule has 0 spiro atoms. The molecule has 4 nitrogen and oxygen atoms in total. The summed E-state index contributed by atoms with van der Waals surface area (Å²) in [6.45, 7) is 6.23. The molecule has 0 saturated heterocycles. The van der Waals surface area contributed by atoms with Gasteiger partial charge in [-0.1, -0.05) is 4.49 Å². The number of aryl methyl sites for hydroxylation is 2. The molecule has 2 heterocycles. The first-order chi connectivity index (χ1) is 7.16. The van der Waals surface area contributed by atoms with Crippen molar-refractivity contribution < 1.29 is 0 Å². The Labute approximate surface area is 96.5 Å². The van der Waals surface area contributed by atoms with Gasteiger partial charge >= 0.3 is 0 Å². The fourth-order valence-corrected chi connectivity index (χ4v) is 2.88. The fourth-order valence-electron chi connectivity index (χ4n) is 1.46. The monoisotopic (exact) mass is 240 g/mol. The summed E-state index contributed by atoms with van der Waals surface area (Å²) in [5.41, 5.74) is 1.12. The zero-order chi connectivity index (χ0) is 10.8. The second-order valence-electron chi connectivity index (χ2n) is 3.32. The van der Waals surface area contributed by atoms with E-state index in [4.69, 9.17) is 0 Å². The van der Waals surface area contributed by atoms with Gasteiger partial charge in [0.25, 0.3) is 0 Å². The van der Waals surface area contributed by atoms with Crippen molar-refractivity contribution in [2.24, 2.45) is 0 Å². The predicted octanol–water partition coefficient (Wildman–Crippen LogP) is 2.78. The molecule has 15 heavy (non-hydrogen) atoms. The van der Waals surface area contributed by atoms with E-state index in [1.807, 2.05) is 6.92 Å². The summed E-state index contributed by atoms with van der Waals surface area (Å²) >= 11 is 3.09. The zero-order valence-electron chi connectivity index (χ0n) is 8.81. The number of thiazole rings is 1. The van der Waals surface area contributed by atoms with E-state index in [-0.39, 0.29) is 6.04 Å². The van der Waals surface area contributed by atoms with Crippen LogP contribution in [-0.4, -0.2) is 14.6 Å². The predicted molar refractivity (Wildman–Crippen MR) is 63.5 cm³/mol. The standard InChI is InChI=1S/C9H12N4S2/c1-5(11-8-4-10-13-15-8)9-6(2)14-7(3)12-9/h4-5,11H,1-3H3. The molecule has 0 saturated carbocycles. The minimum absolute atomic E-state index is 0.206. The molecule has 0 aliphatic heterocycles. The molecule has 0 amide bonds. The lowest BCUT2D eigenvalue weighted by atomic mass is 10.2. The van der Waals surface area contributed by atoms with Gasteiger partial charge in [0.1, 0.15) is 5.00 Å². The average Bonchev–Trinajstić information content (AvgIpc) is 2.75. The van der Waals surface area contributed by atoms with Gasteiger partial charge < -0.3 is 5.32 Å². The van der Waals surface area contributed by atoms with E-state index in [9.17, 15) is 0 Å². The molecule has 0 fully saturated rings. The molecule has 0 radical (unpaired) electrons. The Balaban J connectivity index is 2.14. The van der Waals surface area contributed by atoms with Crippen LogP contribution in [-0.2, 0) is 0 Å². The van der Waals surface area contributed by atoms with E-state index in [1.54, 1.807) is 17.5 Å². The van der Waals surface area contributed by atoms with E-state index in [1.165, 1.54) is 16.4 Å². The Bertz CT molecular complexity index is 435. The molecule has 2 aromatic rings. The van der Waals surface area contributed by atoms with Crippen molar-refractivity contribution in [1.29, 1.82) is 0 Å². The highest BCUT2D eigenvalue weighted by atomic mass is 32.1. The molecule has 1 unspecified atom stereocenters. The van der Waals surface area contributed by atoms with Crippen molar-refractivity contribution in [2.45, 2.75) is 26.8 Å². The molecule has 0 aliphatic carbocycles. The summed E-state index contributed by atoms with van der Waals surface area (Å²) in [7, 11) is 0. The molecule has 6 heteroatoms. The minimum atomic E-state index is 0.206. The molecule has 2 rings (SSSR count). The number of nitrogens with one attached hydrogen (secondary N) is 1. The molecule has 1 N–H and O–H groups in total. The van der Waals surface area contributed by atoms with Crippen LogP contribution in [0.4, 0.5) is 5.00 Å². The molecule has 1 atom stereocenters. The number of hydrogen-bond donors (Lipinski definition) is 1. The minimum Gasteiger partial charge on any atom is -0.366 e. The third-order valence-corrected chi connectivity index (χ3v) is 3.57. The lowest BCUT2D eigenvalue weighted by Gasteiger charge is -2.10. The van der Waals surface area contributed by atoms with Gasteiger partial charge in [-0.3, -0.25) is 0 Å². The van der Waals surface area contributed by atoms with Crippen LogP contribution in [0.15, 0.2) is 6.20 Å². The topological polar surface area (TPSA) is 50.7 Å². The highest BCUT2D eigenvalue weighted by Gasteiger charge is 2.13. The molecule has 0 aliphatic rings. The van der Waals surface area contributed by atoms with Crippen molar-refractivity contribution >= 4 is 27.9 Å². The van der Waals surface area contributed by atoms with Crippen LogP contribution >= 0.6 is 22.9 Å². The summed E-state index contributed by atoms with van der Waals surface area (Å²) in [6, 6.07) is 0.206. The van der Waals surface area contributed by atoms with Crippen molar-refractivity contribution in [3.8, 4) is 0 Å². The molecule has 2 aromatic heterocycles. The van der Waals surface area contributed by atoms with Crippen molar-refractivity contribution in [2.75, 3.05) is 5.32 Å². The first-order valence-corrected chi connectivity index (χ1v) is 6.23. The smallest absolute Gasteiger partial charge is 0.130 e. The molecular weight excluding hydrogens is 228 g/mol. The van der Waals surface area contributed by atoms with Crippen LogP contribution < -0.4 is 5.32 Å². The average molecular weight is 240 g/mol. The third-order valence-electron chi connectivity index (χ3n) is 2.07. The Morgan fingerprint density at radius 1 is 1.40 bits per heavy atom. The van der Waals surface area contributed by atoms with Crippen molar-refractivity contribution in [1.82, 2.24) is 14.6 Å². The molecular formula is C9H12N4S2. The third kappa shape index (κ3) is 2.32. The Kier molecular flexibility index (Phi) is 2.97. The number of hydrogen-bond acceptors (Lipinski definition) is 6. The van der Waals surface area contributed by atoms with Crippen LogP contribution in [0.2, 0.25) is 0 Å². The summed E-state index contributed by atoms with van der Waals surface area (Å²) in [5.74, 6) is 0. The molecule has 0 bridgehead atoms. The number of rotatable bonds is 3. The van der Waals surface area contributed by atoms with E-state index < -0.39 is 0 Å². The Morgan fingerprint density at radius 2 is 2.20 bits per heavy atom. The van der Waals surface area contributed by atoms with Crippen molar-refractivity contribution in [3.05, 3.63) is 21.8 Å². The summed E-state index contributed by atoms with van der Waals surface area (Å²) in [6.07, 6.45) is 1.73. The number of aromatic nitrogens is 3. The maximum absolute atomic E-state index is 4.51. The maximum atomic E-state index is 4.51. The van der Waals surface area contributed by atoms with Crippen LogP contribution in [0.5, 0.6) is 0 Å². The van der Waals surface area contributed by atoms with Crippen LogP contribution in [0.25, 0.3) is 0 Å². The van der Waals surface area contributed by atoms with Gasteiger partial charge in [0.15, 0.2) is 0 Å². The normalized spacial score (nSPS) is 12.7. The van der Waals surface area contributed by atoms with E-state index in [0.717, 1.165) is 15.7 Å². The van der Waals surface area contributed by atoms with Crippen molar-refractivity contribution in [3.63, 3.8) is 0 Å². The van der Waals surface area contributed by atoms with Crippen LogP contribution in [0.1, 0.15) is 28.5 Å². The lowest BCUT2D eigenvalue weighted by molar-refractivity contribution is 0.840. The first kappa shape index (κ1) is 10.5. The van der Waals surface area contributed by atoms with Gasteiger partial charge in [-0.05, 0) is 20.8 Å². The second kappa shape index (κ2) is 4.24. The van der Waals surface area contributed by atoms with Gasteiger partial charge in [0.05, 0.1) is 22.9 Å². The van der Waals surface area contributed by atoms with Gasteiger partial charge in [-0.2, -0.15) is 0 Å². The number of anilines is 1. The van der Waals surface area contributed by atoms with E-state index in [2.05, 4.69) is 33.7 Å². The lowest BCUT2D eigenvalue weighted by Crippen LogP contribution is -2.07. The fraction of sp³-hybridized carbons (Fsp3) is 0.444. The van der Waals surface area contributed by atoms with E-state index >= 15 is 0 Å². The maximum Gasteiger partial charge on any atom is 0.130 e. The van der Waals surface area contributed by atoms with E-state index in [0.29, 0.717) is 0 Å². The Hall–Kier alpha value is -1.01. The number of nitrogens with zero attached hydrogens (tertiary/aromatic N) is 3. The van der Waals surface area contributed by atoms with Crippen LogP contribution in [0.3, 0.4) is 0 Å². The van der Waals surface area contributed by atoms with Gasteiger partial charge in [0, 0.05) is 16.4 Å². The van der Waals surface area contributed by atoms with Gasteiger partial charge in [-0.15, -0.1) is 16.4 Å². The summed E-state index contributed by atoms with van der Waals surface area (Å²) in [4.78, 5) is 5.78. The van der Waals surface area contributed by atoms with Gasteiger partial charge in [-0.25, -0.2) is 4.98 Å². The SMILES string of the molecule is Cc1nc(C(C)Nc2cnns2)c(C)s1.